The summed E-state index contributed by atoms with van der Waals surface area (Å²) in [4.78, 5) is 10.6. The van der Waals surface area contributed by atoms with Gasteiger partial charge in [0.05, 0.1) is 12.7 Å². The third kappa shape index (κ3) is 2.07. The van der Waals surface area contributed by atoms with Gasteiger partial charge >= 0.3 is 5.97 Å². The second kappa shape index (κ2) is 3.61. The Morgan fingerprint density at radius 2 is 2.40 bits per heavy atom. The number of hydrogen-bond donors (Lipinski definition) is 1. The average molecular weight is 206 g/mol. The fraction of sp³-hybridized carbons (Fsp3) is 0.200. The van der Waals surface area contributed by atoms with Gasteiger partial charge in [0.15, 0.2) is 0 Å². The quantitative estimate of drug-likeness (QED) is 0.826. The van der Waals surface area contributed by atoms with Crippen LogP contribution in [0.2, 0.25) is 0 Å². The number of aryl methyl sites for hydroxylation is 1. The molecule has 0 aliphatic heterocycles. The van der Waals surface area contributed by atoms with Crippen LogP contribution in [0.4, 0.5) is 0 Å². The number of aromatic carboxylic acids is 1. The highest BCUT2D eigenvalue weighted by molar-refractivity contribution is 5.84. The van der Waals surface area contributed by atoms with Gasteiger partial charge < -0.3 is 9.52 Å². The van der Waals surface area contributed by atoms with E-state index in [1.54, 1.807) is 16.9 Å². The summed E-state index contributed by atoms with van der Waals surface area (Å²) in [6.07, 6.45) is 3.60. The van der Waals surface area contributed by atoms with Gasteiger partial charge in [0.2, 0.25) is 5.76 Å². The molecule has 0 aliphatic carbocycles. The zero-order chi connectivity index (χ0) is 10.8. The van der Waals surface area contributed by atoms with Gasteiger partial charge in [0.1, 0.15) is 5.76 Å². The van der Waals surface area contributed by atoms with Crippen LogP contribution < -0.4 is 0 Å². The summed E-state index contributed by atoms with van der Waals surface area (Å²) in [5.41, 5.74) is 1.06. The number of carboxylic acid groups (broad SMARTS) is 1. The predicted octanol–water partition coefficient (Wildman–Crippen LogP) is 1.53. The number of nitrogens with zero attached hydrogens (tertiary/aromatic N) is 2. The second-order valence-electron chi connectivity index (χ2n) is 3.29. The molecular weight excluding hydrogens is 196 g/mol. The first kappa shape index (κ1) is 9.51. The topological polar surface area (TPSA) is 68.3 Å². The van der Waals surface area contributed by atoms with E-state index in [9.17, 15) is 4.79 Å². The molecule has 0 fully saturated rings. The van der Waals surface area contributed by atoms with Crippen LogP contribution in [0.1, 0.15) is 21.9 Å². The first-order valence-electron chi connectivity index (χ1n) is 4.46. The van der Waals surface area contributed by atoms with E-state index in [0.717, 1.165) is 5.56 Å². The van der Waals surface area contributed by atoms with Crippen molar-refractivity contribution in [3.05, 3.63) is 41.6 Å². The van der Waals surface area contributed by atoms with Crippen molar-refractivity contribution in [1.29, 1.82) is 0 Å². The first-order valence-corrected chi connectivity index (χ1v) is 4.46. The van der Waals surface area contributed by atoms with E-state index in [1.807, 2.05) is 13.1 Å². The summed E-state index contributed by atoms with van der Waals surface area (Å²) in [6, 6.07) is 3.08. The Labute approximate surface area is 85.9 Å². The Balaban J connectivity index is 2.14. The Kier molecular flexibility index (Phi) is 2.29. The molecule has 2 heterocycles. The minimum Gasteiger partial charge on any atom is -0.475 e. The number of carboxylic acids is 1. The van der Waals surface area contributed by atoms with Crippen molar-refractivity contribution in [2.45, 2.75) is 13.5 Å². The molecule has 1 N–H and O–H groups in total. The molecule has 78 valence electrons. The van der Waals surface area contributed by atoms with Crippen molar-refractivity contribution < 1.29 is 14.3 Å². The van der Waals surface area contributed by atoms with E-state index in [-0.39, 0.29) is 5.76 Å². The van der Waals surface area contributed by atoms with Gasteiger partial charge in [-0.05, 0) is 24.6 Å². The minimum atomic E-state index is -1.06. The van der Waals surface area contributed by atoms with Crippen molar-refractivity contribution >= 4 is 5.97 Å². The van der Waals surface area contributed by atoms with Gasteiger partial charge in [-0.3, -0.25) is 4.68 Å². The lowest BCUT2D eigenvalue weighted by atomic mass is 10.4. The average Bonchev–Trinajstić information content (AvgIpc) is 2.76. The molecular formula is C10H10N2O3. The Bertz CT molecular complexity index is 484. The van der Waals surface area contributed by atoms with Gasteiger partial charge in [0.25, 0.3) is 0 Å². The van der Waals surface area contributed by atoms with Crippen molar-refractivity contribution in [3.63, 3.8) is 0 Å². The van der Waals surface area contributed by atoms with Crippen LogP contribution in [0.25, 0.3) is 0 Å². The van der Waals surface area contributed by atoms with E-state index in [1.165, 1.54) is 6.07 Å². The summed E-state index contributed by atoms with van der Waals surface area (Å²) in [5, 5.41) is 12.7. The van der Waals surface area contributed by atoms with E-state index in [4.69, 9.17) is 9.52 Å². The van der Waals surface area contributed by atoms with Crippen molar-refractivity contribution in [1.82, 2.24) is 9.78 Å². The second-order valence-corrected chi connectivity index (χ2v) is 3.29. The maximum Gasteiger partial charge on any atom is 0.371 e. The lowest BCUT2D eigenvalue weighted by Gasteiger charge is -1.96. The van der Waals surface area contributed by atoms with Crippen LogP contribution in [0, 0.1) is 6.92 Å². The predicted molar refractivity (Wildman–Crippen MR) is 51.7 cm³/mol. The van der Waals surface area contributed by atoms with Crippen molar-refractivity contribution in [2.75, 3.05) is 0 Å². The first-order chi connectivity index (χ1) is 7.15. The molecule has 15 heavy (non-hydrogen) atoms. The fourth-order valence-electron chi connectivity index (χ4n) is 1.29. The zero-order valence-corrected chi connectivity index (χ0v) is 8.17. The number of aromatic nitrogens is 2. The summed E-state index contributed by atoms with van der Waals surface area (Å²) in [6.45, 7) is 2.38. The summed E-state index contributed by atoms with van der Waals surface area (Å²) in [7, 11) is 0. The molecule has 2 aromatic rings. The maximum atomic E-state index is 10.6. The van der Waals surface area contributed by atoms with E-state index < -0.39 is 5.97 Å². The van der Waals surface area contributed by atoms with Crippen LogP contribution in [-0.4, -0.2) is 20.9 Å². The van der Waals surface area contributed by atoms with Gasteiger partial charge in [-0.1, -0.05) is 0 Å². The molecule has 2 rings (SSSR count). The van der Waals surface area contributed by atoms with Gasteiger partial charge in [-0.2, -0.15) is 5.10 Å². The maximum absolute atomic E-state index is 10.6. The smallest absolute Gasteiger partial charge is 0.371 e. The largest absolute Gasteiger partial charge is 0.475 e. The number of rotatable bonds is 3. The molecule has 2 aromatic heterocycles. The SMILES string of the molecule is Cc1cnn(Cc2ccc(C(=O)O)o2)c1. The molecule has 0 atom stereocenters. The van der Waals surface area contributed by atoms with Crippen LogP contribution in [0.15, 0.2) is 28.9 Å². The summed E-state index contributed by atoms with van der Waals surface area (Å²) < 4.78 is 6.79. The van der Waals surface area contributed by atoms with Crippen LogP contribution in [-0.2, 0) is 6.54 Å². The van der Waals surface area contributed by atoms with E-state index in [2.05, 4.69) is 5.10 Å². The number of hydrogen-bond acceptors (Lipinski definition) is 3. The minimum absolute atomic E-state index is 0.0473. The Morgan fingerprint density at radius 1 is 1.60 bits per heavy atom. The van der Waals surface area contributed by atoms with Crippen LogP contribution in [0.5, 0.6) is 0 Å². The highest BCUT2D eigenvalue weighted by atomic mass is 16.4. The third-order valence-corrected chi connectivity index (χ3v) is 1.95. The van der Waals surface area contributed by atoms with E-state index >= 15 is 0 Å². The normalized spacial score (nSPS) is 10.5. The molecule has 0 spiro atoms. The molecule has 0 aromatic carbocycles. The number of carbonyl (C=O) groups is 1. The molecule has 0 radical (unpaired) electrons. The van der Waals surface area contributed by atoms with Gasteiger partial charge in [-0.15, -0.1) is 0 Å². The molecule has 0 amide bonds. The molecule has 0 bridgehead atoms. The molecule has 0 saturated heterocycles. The molecule has 0 aliphatic rings. The molecule has 0 unspecified atom stereocenters. The standard InChI is InChI=1S/C10H10N2O3/c1-7-4-11-12(5-7)6-8-2-3-9(15-8)10(13)14/h2-5H,6H2,1H3,(H,13,14). The molecule has 5 heteroatoms. The molecule has 5 nitrogen and oxygen atoms in total. The van der Waals surface area contributed by atoms with Gasteiger partial charge in [-0.25, -0.2) is 4.79 Å². The summed E-state index contributed by atoms with van der Waals surface area (Å²) in [5.74, 6) is -0.526. The zero-order valence-electron chi connectivity index (χ0n) is 8.17. The van der Waals surface area contributed by atoms with Crippen molar-refractivity contribution in [3.8, 4) is 0 Å². The van der Waals surface area contributed by atoms with Crippen LogP contribution >= 0.6 is 0 Å². The van der Waals surface area contributed by atoms with Crippen LogP contribution in [0.3, 0.4) is 0 Å². The van der Waals surface area contributed by atoms with Crippen molar-refractivity contribution in [2.24, 2.45) is 0 Å². The molecule has 0 saturated carbocycles. The number of furan rings is 1. The highest BCUT2D eigenvalue weighted by Gasteiger charge is 2.09. The fourth-order valence-corrected chi connectivity index (χ4v) is 1.29. The van der Waals surface area contributed by atoms with Gasteiger partial charge in [0, 0.05) is 6.20 Å². The lowest BCUT2D eigenvalue weighted by molar-refractivity contribution is 0.0660. The van der Waals surface area contributed by atoms with E-state index in [0.29, 0.717) is 12.3 Å². The Morgan fingerprint density at radius 3 is 2.93 bits per heavy atom. The lowest BCUT2D eigenvalue weighted by Crippen LogP contribution is -1.98. The summed E-state index contributed by atoms with van der Waals surface area (Å²) >= 11 is 0. The highest BCUT2D eigenvalue weighted by Crippen LogP contribution is 2.09. The third-order valence-electron chi connectivity index (χ3n) is 1.95. The Hall–Kier alpha value is -2.04. The monoisotopic (exact) mass is 206 g/mol.